The van der Waals surface area contributed by atoms with E-state index in [0.29, 0.717) is 17.9 Å². The number of benzene rings is 2. The number of aromatic amines is 1. The minimum absolute atomic E-state index is 0.0919. The largest absolute Gasteiger partial charge is 0.376 e. The van der Waals surface area contributed by atoms with E-state index >= 15 is 0 Å². The van der Waals surface area contributed by atoms with E-state index in [1.165, 1.54) is 22.4 Å². The summed E-state index contributed by atoms with van der Waals surface area (Å²) in [5, 5.41) is 14.0. The second-order valence-electron chi connectivity index (χ2n) is 11.1. The number of hydrogen-bond donors (Lipinski definition) is 1. The maximum absolute atomic E-state index is 13.7. The van der Waals surface area contributed by atoms with Crippen molar-refractivity contribution in [3.63, 3.8) is 0 Å². The summed E-state index contributed by atoms with van der Waals surface area (Å²) >= 11 is 0. The molecule has 2 atom stereocenters. The third-order valence-corrected chi connectivity index (χ3v) is 8.42. The van der Waals surface area contributed by atoms with E-state index in [2.05, 4.69) is 81.4 Å². The van der Waals surface area contributed by atoms with Gasteiger partial charge in [-0.1, -0.05) is 23.8 Å². The highest BCUT2D eigenvalue weighted by atomic mass is 16.5. The van der Waals surface area contributed by atoms with Crippen molar-refractivity contribution in [2.45, 2.75) is 59.2 Å². The van der Waals surface area contributed by atoms with Crippen molar-refractivity contribution in [2.24, 2.45) is 0 Å². The van der Waals surface area contributed by atoms with Crippen molar-refractivity contribution in [3.8, 4) is 0 Å². The van der Waals surface area contributed by atoms with Gasteiger partial charge in [-0.3, -0.25) is 9.69 Å². The van der Waals surface area contributed by atoms with E-state index in [1.807, 2.05) is 17.7 Å². The maximum atomic E-state index is 13.7. The van der Waals surface area contributed by atoms with Gasteiger partial charge in [0.15, 0.2) is 5.82 Å². The topological polar surface area (TPSA) is 92.2 Å². The van der Waals surface area contributed by atoms with Crippen LogP contribution in [0.15, 0.2) is 41.2 Å². The number of ether oxygens (including phenoxy) is 1. The van der Waals surface area contributed by atoms with Gasteiger partial charge in [-0.05, 0) is 91.2 Å². The van der Waals surface area contributed by atoms with Crippen molar-refractivity contribution in [2.75, 3.05) is 37.7 Å². The van der Waals surface area contributed by atoms with E-state index in [9.17, 15) is 4.79 Å². The van der Waals surface area contributed by atoms with E-state index < -0.39 is 0 Å². The lowest BCUT2D eigenvalue weighted by Crippen LogP contribution is -2.49. The summed E-state index contributed by atoms with van der Waals surface area (Å²) in [5.41, 5.74) is 7.60. The molecule has 9 nitrogen and oxygen atoms in total. The first-order chi connectivity index (χ1) is 18.9. The average molecular weight is 528 g/mol. The Morgan fingerprint density at radius 3 is 2.64 bits per heavy atom. The average Bonchev–Trinajstić information content (AvgIpc) is 3.60. The van der Waals surface area contributed by atoms with Crippen LogP contribution in [0.3, 0.4) is 0 Å². The molecule has 4 heterocycles. The van der Waals surface area contributed by atoms with Crippen molar-refractivity contribution in [1.82, 2.24) is 30.1 Å². The van der Waals surface area contributed by atoms with E-state index in [0.717, 1.165) is 62.1 Å². The van der Waals surface area contributed by atoms with E-state index in [1.54, 1.807) is 0 Å². The molecule has 2 aromatic heterocycles. The van der Waals surface area contributed by atoms with Gasteiger partial charge in [0.1, 0.15) is 6.04 Å². The van der Waals surface area contributed by atoms with Gasteiger partial charge in [0.25, 0.3) is 5.56 Å². The molecule has 0 unspecified atom stereocenters. The second-order valence-corrected chi connectivity index (χ2v) is 11.1. The SMILES string of the molecule is Cc1cc(C)c2[nH]c(=O)c([C@@H](c3nnnn3C[C@@H]3CCCO3)N3CCN(c4cccc(C)c4C)CC3)cc2c1. The van der Waals surface area contributed by atoms with E-state index in [4.69, 9.17) is 4.74 Å². The fourth-order valence-corrected chi connectivity index (χ4v) is 6.22. The normalized spacial score (nSPS) is 19.2. The van der Waals surface area contributed by atoms with E-state index in [-0.39, 0.29) is 17.7 Å². The number of nitrogens with zero attached hydrogens (tertiary/aromatic N) is 6. The Kier molecular flexibility index (Phi) is 6.95. The number of pyridine rings is 1. The fraction of sp³-hybridized carbons (Fsp3) is 0.467. The number of H-pyrrole nitrogens is 1. The van der Waals surface area contributed by atoms with Gasteiger partial charge in [0.05, 0.1) is 18.2 Å². The number of piperazine rings is 1. The highest BCUT2D eigenvalue weighted by molar-refractivity contribution is 5.83. The summed E-state index contributed by atoms with van der Waals surface area (Å²) in [6.45, 7) is 13.1. The molecular formula is C30H37N7O2. The van der Waals surface area contributed by atoms with Crippen LogP contribution in [0.5, 0.6) is 0 Å². The van der Waals surface area contributed by atoms with Crippen LogP contribution in [-0.4, -0.2) is 69.0 Å². The Balaban J connectivity index is 1.38. The van der Waals surface area contributed by atoms with Gasteiger partial charge in [-0.25, -0.2) is 4.68 Å². The van der Waals surface area contributed by atoms with Crippen LogP contribution in [0.25, 0.3) is 10.9 Å². The molecule has 6 rings (SSSR count). The Bertz CT molecular complexity index is 1540. The molecule has 0 aliphatic carbocycles. The number of tetrazole rings is 1. The van der Waals surface area contributed by atoms with Gasteiger partial charge in [0, 0.05) is 44.0 Å². The third-order valence-electron chi connectivity index (χ3n) is 8.42. The predicted molar refractivity (Wildman–Crippen MR) is 152 cm³/mol. The lowest BCUT2D eigenvalue weighted by molar-refractivity contribution is 0.0906. The van der Waals surface area contributed by atoms with Gasteiger partial charge in [0.2, 0.25) is 0 Å². The Hall–Kier alpha value is -3.56. The van der Waals surface area contributed by atoms with Crippen molar-refractivity contribution < 1.29 is 4.74 Å². The second kappa shape index (κ2) is 10.5. The zero-order valence-corrected chi connectivity index (χ0v) is 23.3. The number of fused-ring (bicyclic) bond motifs is 1. The molecule has 2 aliphatic heterocycles. The Morgan fingerprint density at radius 1 is 1.05 bits per heavy atom. The number of hydrogen-bond acceptors (Lipinski definition) is 7. The molecule has 2 aromatic carbocycles. The monoisotopic (exact) mass is 527 g/mol. The van der Waals surface area contributed by atoms with Crippen LogP contribution < -0.4 is 10.5 Å². The smallest absolute Gasteiger partial charge is 0.253 e. The Morgan fingerprint density at radius 2 is 1.87 bits per heavy atom. The number of nitrogens with one attached hydrogen (secondary N) is 1. The molecule has 39 heavy (non-hydrogen) atoms. The molecule has 0 radical (unpaired) electrons. The van der Waals surface area contributed by atoms with Crippen molar-refractivity contribution in [3.05, 3.63) is 80.4 Å². The van der Waals surface area contributed by atoms with Gasteiger partial charge >= 0.3 is 0 Å². The van der Waals surface area contributed by atoms with Crippen LogP contribution in [0.2, 0.25) is 0 Å². The number of anilines is 1. The van der Waals surface area contributed by atoms with Crippen LogP contribution >= 0.6 is 0 Å². The lowest BCUT2D eigenvalue weighted by atomic mass is 10.00. The summed E-state index contributed by atoms with van der Waals surface area (Å²) in [5.74, 6) is 0.694. The molecule has 1 N–H and O–H groups in total. The van der Waals surface area contributed by atoms with Crippen LogP contribution in [0.1, 0.15) is 52.5 Å². The van der Waals surface area contributed by atoms with Crippen LogP contribution in [0, 0.1) is 27.7 Å². The van der Waals surface area contributed by atoms with Gasteiger partial charge < -0.3 is 14.6 Å². The third kappa shape index (κ3) is 4.96. The molecule has 2 aliphatic rings. The molecule has 2 saturated heterocycles. The molecular weight excluding hydrogens is 490 g/mol. The quantitative estimate of drug-likeness (QED) is 0.407. The zero-order chi connectivity index (χ0) is 27.1. The zero-order valence-electron chi connectivity index (χ0n) is 23.3. The molecule has 0 bridgehead atoms. The van der Waals surface area contributed by atoms with Crippen molar-refractivity contribution in [1.29, 1.82) is 0 Å². The Labute approximate surface area is 228 Å². The molecule has 4 aromatic rings. The molecule has 0 amide bonds. The first-order valence-electron chi connectivity index (χ1n) is 14.0. The molecule has 0 spiro atoms. The molecule has 9 heteroatoms. The maximum Gasteiger partial charge on any atom is 0.253 e. The first kappa shape index (κ1) is 25.7. The van der Waals surface area contributed by atoms with Crippen LogP contribution in [-0.2, 0) is 11.3 Å². The summed E-state index contributed by atoms with van der Waals surface area (Å²) in [6.07, 6.45) is 2.14. The number of aryl methyl sites for hydroxylation is 3. The summed E-state index contributed by atoms with van der Waals surface area (Å²) in [4.78, 5) is 21.7. The highest BCUT2D eigenvalue weighted by Crippen LogP contribution is 2.31. The predicted octanol–water partition coefficient (Wildman–Crippen LogP) is 3.84. The summed E-state index contributed by atoms with van der Waals surface area (Å²) in [6, 6.07) is 12.4. The van der Waals surface area contributed by atoms with Crippen molar-refractivity contribution >= 4 is 16.6 Å². The first-order valence-corrected chi connectivity index (χ1v) is 14.0. The minimum Gasteiger partial charge on any atom is -0.376 e. The number of rotatable bonds is 6. The minimum atomic E-state index is -0.365. The van der Waals surface area contributed by atoms with Gasteiger partial charge in [-0.15, -0.1) is 5.10 Å². The molecule has 204 valence electrons. The molecule has 0 saturated carbocycles. The summed E-state index contributed by atoms with van der Waals surface area (Å²) < 4.78 is 7.75. The lowest BCUT2D eigenvalue weighted by Gasteiger charge is -2.40. The standard InChI is InChI=1S/C30H37N7O2/c1-19-15-21(3)27-23(16-19)17-25(30(38)31-27)28(29-32-33-34-37(29)18-24-8-6-14-39-24)36-12-10-35(11-13-36)26-9-5-7-20(2)22(26)4/h5,7,9,15-17,24,28H,6,8,10-14,18H2,1-4H3,(H,31,38)/t24-,28-/m0/s1. The van der Waals surface area contributed by atoms with Gasteiger partial charge in [-0.2, -0.15) is 0 Å². The fourth-order valence-electron chi connectivity index (χ4n) is 6.22. The highest BCUT2D eigenvalue weighted by Gasteiger charge is 2.34. The summed E-state index contributed by atoms with van der Waals surface area (Å²) in [7, 11) is 0. The molecule has 2 fully saturated rings. The van der Waals surface area contributed by atoms with Crippen LogP contribution in [0.4, 0.5) is 5.69 Å². The number of aromatic nitrogens is 5.